The van der Waals surface area contributed by atoms with Gasteiger partial charge >= 0.3 is 5.97 Å². The molecule has 1 aromatic carbocycles. The molecule has 162 valence electrons. The number of imidazole rings is 1. The van der Waals surface area contributed by atoms with E-state index in [2.05, 4.69) is 15.0 Å². The number of rotatable bonds is 5. The van der Waals surface area contributed by atoms with Gasteiger partial charge in [-0.2, -0.15) is 0 Å². The van der Waals surface area contributed by atoms with Gasteiger partial charge in [-0.05, 0) is 43.5 Å². The Bertz CT molecular complexity index is 1410. The van der Waals surface area contributed by atoms with Crippen LogP contribution >= 0.6 is 0 Å². The van der Waals surface area contributed by atoms with Crippen molar-refractivity contribution in [3.63, 3.8) is 0 Å². The number of benzene rings is 1. The molecule has 1 saturated carbocycles. The second kappa shape index (κ2) is 7.56. The predicted octanol–water partition coefficient (Wildman–Crippen LogP) is 2.69. The highest BCUT2D eigenvalue weighted by Gasteiger charge is 2.29. The summed E-state index contributed by atoms with van der Waals surface area (Å²) in [4.78, 5) is 42.3. The first kappa shape index (κ1) is 19.9. The number of carboxylic acids is 1. The van der Waals surface area contributed by atoms with Gasteiger partial charge in [0.25, 0.3) is 5.56 Å². The third kappa shape index (κ3) is 3.03. The molecule has 0 bridgehead atoms. The largest absolute Gasteiger partial charge is 0.489 e. The van der Waals surface area contributed by atoms with E-state index in [-0.39, 0.29) is 17.6 Å². The predicted molar refractivity (Wildman–Crippen MR) is 116 cm³/mol. The zero-order valence-electron chi connectivity index (χ0n) is 17.5. The van der Waals surface area contributed by atoms with Gasteiger partial charge in [-0.15, -0.1) is 0 Å². The van der Waals surface area contributed by atoms with Crippen LogP contribution in [-0.2, 0) is 7.05 Å². The number of nitrogens with zero attached hydrogens (tertiary/aromatic N) is 6. The monoisotopic (exact) mass is 432 g/mol. The Morgan fingerprint density at radius 2 is 1.91 bits per heavy atom. The van der Waals surface area contributed by atoms with Crippen LogP contribution in [0.5, 0.6) is 5.75 Å². The lowest BCUT2D eigenvalue weighted by molar-refractivity contribution is 0.0686. The molecule has 1 N–H and O–H groups in total. The van der Waals surface area contributed by atoms with E-state index < -0.39 is 17.2 Å². The average molecular weight is 432 g/mol. The van der Waals surface area contributed by atoms with Gasteiger partial charge in [-0.3, -0.25) is 9.36 Å². The summed E-state index contributed by atoms with van der Waals surface area (Å²) < 4.78 is 8.35. The number of methoxy groups -OCH3 is 1. The normalized spacial score (nSPS) is 13.8. The highest BCUT2D eigenvalue weighted by atomic mass is 16.5. The molecule has 3 aromatic heterocycles. The molecule has 1 fully saturated rings. The highest BCUT2D eigenvalue weighted by molar-refractivity contribution is 5.89. The van der Waals surface area contributed by atoms with E-state index >= 15 is 0 Å². The van der Waals surface area contributed by atoms with Gasteiger partial charge in [0.1, 0.15) is 0 Å². The van der Waals surface area contributed by atoms with Crippen molar-refractivity contribution in [2.45, 2.75) is 25.3 Å². The molecule has 0 aliphatic heterocycles. The number of carbonyl (C=O) groups is 1. The van der Waals surface area contributed by atoms with E-state index in [1.165, 1.54) is 18.7 Å². The van der Waals surface area contributed by atoms with E-state index in [9.17, 15) is 14.7 Å². The Balaban J connectivity index is 1.78. The Hall–Kier alpha value is -4.08. The van der Waals surface area contributed by atoms with Crippen molar-refractivity contribution in [1.29, 1.82) is 0 Å². The van der Waals surface area contributed by atoms with Gasteiger partial charge in [0.2, 0.25) is 5.75 Å². The summed E-state index contributed by atoms with van der Waals surface area (Å²) >= 11 is 0. The molecule has 4 aromatic rings. The molecule has 0 saturated heterocycles. The summed E-state index contributed by atoms with van der Waals surface area (Å²) in [5.74, 6) is -0.427. The molecular formula is C22H20N6O4. The van der Waals surface area contributed by atoms with Gasteiger partial charge < -0.3 is 14.4 Å². The van der Waals surface area contributed by atoms with E-state index in [0.29, 0.717) is 17.2 Å². The smallest absolute Gasteiger partial charge is 0.358 e. The number of ether oxygens (including phenoxy) is 1. The Morgan fingerprint density at radius 1 is 1.16 bits per heavy atom. The summed E-state index contributed by atoms with van der Waals surface area (Å²) in [5.41, 5.74) is 1.40. The van der Waals surface area contributed by atoms with Crippen molar-refractivity contribution in [2.24, 2.45) is 7.05 Å². The minimum atomic E-state index is -1.34. The molecular weight excluding hydrogens is 412 g/mol. The molecule has 0 atom stereocenters. The SMILES string of the molecule is COc1c(C(=O)O)nc(-c2nc3ccc(-c4ncccn4)cc3n2C2CCC2)n(C)c1=O. The maximum absolute atomic E-state index is 12.8. The standard InChI is InChI=1S/C22H20N6O4/c1-27-19(26-16(22(30)31)17(32-2)21(27)29)20-25-14-8-7-12(18-23-9-4-10-24-18)11-15(14)28(20)13-5-3-6-13/h4,7-11,13H,3,5-6H2,1-2H3,(H,30,31). The van der Waals surface area contributed by atoms with Crippen LogP contribution in [0.15, 0.2) is 41.5 Å². The molecule has 10 nitrogen and oxygen atoms in total. The van der Waals surface area contributed by atoms with Crippen molar-refractivity contribution in [1.82, 2.24) is 29.1 Å². The maximum Gasteiger partial charge on any atom is 0.358 e. The first-order chi connectivity index (χ1) is 15.5. The Labute approximate surface area is 182 Å². The van der Waals surface area contributed by atoms with Crippen LogP contribution in [0.1, 0.15) is 35.8 Å². The lowest BCUT2D eigenvalue weighted by atomic mass is 9.92. The Kier molecular flexibility index (Phi) is 4.69. The van der Waals surface area contributed by atoms with Gasteiger partial charge in [-0.25, -0.2) is 24.7 Å². The molecule has 5 rings (SSSR count). The van der Waals surface area contributed by atoms with Gasteiger partial charge in [0.15, 0.2) is 23.2 Å². The maximum atomic E-state index is 12.8. The molecule has 10 heteroatoms. The van der Waals surface area contributed by atoms with Crippen molar-refractivity contribution in [2.75, 3.05) is 7.11 Å². The molecule has 0 spiro atoms. The average Bonchev–Trinajstić information content (AvgIpc) is 3.12. The minimum Gasteiger partial charge on any atom is -0.489 e. The van der Waals surface area contributed by atoms with E-state index in [1.54, 1.807) is 18.5 Å². The van der Waals surface area contributed by atoms with E-state index in [1.807, 2.05) is 22.8 Å². The van der Waals surface area contributed by atoms with Crippen LogP contribution < -0.4 is 10.3 Å². The van der Waals surface area contributed by atoms with Gasteiger partial charge in [0, 0.05) is 31.0 Å². The quantitative estimate of drug-likeness (QED) is 0.510. The highest BCUT2D eigenvalue weighted by Crippen LogP contribution is 2.39. The second-order valence-corrected chi connectivity index (χ2v) is 7.65. The topological polar surface area (TPSA) is 125 Å². The van der Waals surface area contributed by atoms with Gasteiger partial charge in [-0.1, -0.05) is 0 Å². The van der Waals surface area contributed by atoms with Crippen LogP contribution in [0.25, 0.3) is 34.1 Å². The molecule has 32 heavy (non-hydrogen) atoms. The number of carboxylic acid groups (broad SMARTS) is 1. The van der Waals surface area contributed by atoms with Crippen LogP contribution in [-0.4, -0.2) is 47.3 Å². The van der Waals surface area contributed by atoms with E-state index in [4.69, 9.17) is 9.72 Å². The summed E-state index contributed by atoms with van der Waals surface area (Å²) in [6.07, 6.45) is 6.37. The summed E-state index contributed by atoms with van der Waals surface area (Å²) in [6.45, 7) is 0. The number of hydrogen-bond acceptors (Lipinski definition) is 7. The first-order valence-corrected chi connectivity index (χ1v) is 10.2. The number of aromatic nitrogens is 6. The summed E-state index contributed by atoms with van der Waals surface area (Å²) in [7, 11) is 2.79. The van der Waals surface area contributed by atoms with Crippen LogP contribution in [0.2, 0.25) is 0 Å². The fourth-order valence-electron chi connectivity index (χ4n) is 3.96. The number of aromatic carboxylic acids is 1. The zero-order valence-corrected chi connectivity index (χ0v) is 17.5. The molecule has 1 aliphatic carbocycles. The number of hydrogen-bond donors (Lipinski definition) is 1. The first-order valence-electron chi connectivity index (χ1n) is 10.2. The molecule has 1 aliphatic rings. The zero-order chi connectivity index (χ0) is 22.4. The minimum absolute atomic E-state index is 0.175. The lowest BCUT2D eigenvalue weighted by Gasteiger charge is -2.29. The van der Waals surface area contributed by atoms with Crippen LogP contribution in [0.3, 0.4) is 0 Å². The fraction of sp³-hybridized carbons (Fsp3) is 0.273. The molecule has 0 unspecified atom stereocenters. The van der Waals surface area contributed by atoms with E-state index in [0.717, 1.165) is 30.3 Å². The lowest BCUT2D eigenvalue weighted by Crippen LogP contribution is -2.27. The van der Waals surface area contributed by atoms with Gasteiger partial charge in [0.05, 0.1) is 18.1 Å². The number of fused-ring (bicyclic) bond motifs is 1. The van der Waals surface area contributed by atoms with Crippen molar-refractivity contribution in [3.8, 4) is 28.8 Å². The third-order valence-corrected chi connectivity index (χ3v) is 5.81. The molecule has 3 heterocycles. The fourth-order valence-corrected chi connectivity index (χ4v) is 3.96. The summed E-state index contributed by atoms with van der Waals surface area (Å²) in [6, 6.07) is 7.67. The van der Waals surface area contributed by atoms with Crippen molar-refractivity contribution >= 4 is 17.0 Å². The van der Waals surface area contributed by atoms with Crippen molar-refractivity contribution in [3.05, 3.63) is 52.7 Å². The molecule has 0 amide bonds. The molecule has 0 radical (unpaired) electrons. The Morgan fingerprint density at radius 3 is 2.53 bits per heavy atom. The third-order valence-electron chi connectivity index (χ3n) is 5.81. The van der Waals surface area contributed by atoms with Crippen LogP contribution in [0, 0.1) is 0 Å². The summed E-state index contributed by atoms with van der Waals surface area (Å²) in [5, 5.41) is 9.59. The van der Waals surface area contributed by atoms with Crippen LogP contribution in [0.4, 0.5) is 0 Å². The second-order valence-electron chi connectivity index (χ2n) is 7.65. The van der Waals surface area contributed by atoms with Crippen molar-refractivity contribution < 1.29 is 14.6 Å².